The zero-order chi connectivity index (χ0) is 31.2. The van der Waals surface area contributed by atoms with Gasteiger partial charge in [0.15, 0.2) is 0 Å². The van der Waals surface area contributed by atoms with Gasteiger partial charge in [0.2, 0.25) is 0 Å². The van der Waals surface area contributed by atoms with Gasteiger partial charge in [0, 0.05) is 88.9 Å². The van der Waals surface area contributed by atoms with E-state index >= 15 is 0 Å². The molecule has 8 aromatic rings. The molecule has 0 saturated heterocycles. The van der Waals surface area contributed by atoms with Gasteiger partial charge in [-0.05, 0) is 35.4 Å². The van der Waals surface area contributed by atoms with Crippen LogP contribution < -0.4 is 0 Å². The minimum Gasteiger partial charge on any atom is -0.366 e. The monoisotopic (exact) mass is 972 g/mol. The van der Waals surface area contributed by atoms with Crippen LogP contribution in [0.2, 0.25) is 0 Å². The van der Waals surface area contributed by atoms with Crippen molar-refractivity contribution in [3.63, 3.8) is 0 Å². The Labute approximate surface area is 306 Å². The van der Waals surface area contributed by atoms with Crippen molar-refractivity contribution in [2.45, 2.75) is 6.42 Å². The molecule has 4 heterocycles. The number of benzene rings is 4. The summed E-state index contributed by atoms with van der Waals surface area (Å²) in [6.07, 6.45) is 22.6. The van der Waals surface area contributed by atoms with Gasteiger partial charge >= 0.3 is 44.8 Å². The molecule has 4 aromatic heterocycles. The second-order valence-electron chi connectivity index (χ2n) is 10.8. The smallest absolute Gasteiger partial charge is 0.366 e. The molecule has 4 nitrogen and oxygen atoms in total. The molecular formula is C41H30Au2N4. The standard InChI is InChI=1S/2C15H10N.C11H10N2.2Au/c2*1-3-11-8-9-13-12-6-4-5-7-14(12)16(2)15(13)10-11;1-3-10(8-12-5-1)7-11-4-2-6-13-9-11;;/h2*4-10H,2H3;1-6,8-9H,7H2;;/q2*-1;;2*+1. The molecule has 0 aliphatic heterocycles. The molecule has 0 radical (unpaired) electrons. The molecule has 0 unspecified atom stereocenters. The molecule has 0 bridgehead atoms. The van der Waals surface area contributed by atoms with Gasteiger partial charge in [0.05, 0.1) is 0 Å². The number of hydrogen-bond donors (Lipinski definition) is 0. The summed E-state index contributed by atoms with van der Waals surface area (Å²) in [7, 11) is 4.11. The number of para-hydroxylation sites is 2. The molecule has 0 atom stereocenters. The van der Waals surface area contributed by atoms with E-state index in [1.807, 2.05) is 60.9 Å². The van der Waals surface area contributed by atoms with Crippen molar-refractivity contribution in [3.8, 4) is 11.8 Å². The van der Waals surface area contributed by atoms with Crippen LogP contribution in [0.15, 0.2) is 134 Å². The Hall–Kier alpha value is -4.62. The topological polar surface area (TPSA) is 35.6 Å². The van der Waals surface area contributed by atoms with Gasteiger partial charge in [0.25, 0.3) is 0 Å². The zero-order valence-electron chi connectivity index (χ0n) is 25.8. The molecule has 0 spiro atoms. The molecule has 47 heavy (non-hydrogen) atoms. The SMILES string of the molecule is [Au+].[Au+].[C-]#Cc1ccc2c3ccccc3n(C)c2c1.[C-]#Cc1ccc2c3ccccc3n(C)c2c1.c1cncc(Cc2cccnc2)c1. The molecule has 0 aliphatic rings. The Morgan fingerprint density at radius 3 is 1.30 bits per heavy atom. The Balaban J connectivity index is 0.000000157. The number of pyridine rings is 2. The van der Waals surface area contributed by atoms with E-state index < -0.39 is 0 Å². The van der Waals surface area contributed by atoms with E-state index in [0.717, 1.165) is 28.6 Å². The summed E-state index contributed by atoms with van der Waals surface area (Å²) in [5.74, 6) is 4.85. The van der Waals surface area contributed by atoms with E-state index in [9.17, 15) is 0 Å². The molecular weight excluding hydrogens is 942 g/mol. The first-order valence-corrected chi connectivity index (χ1v) is 14.6. The fourth-order valence-corrected chi connectivity index (χ4v) is 5.72. The largest absolute Gasteiger partial charge is 1.00 e. The zero-order valence-corrected chi connectivity index (χ0v) is 30.1. The van der Waals surface area contributed by atoms with Crippen molar-refractivity contribution >= 4 is 43.6 Å². The molecule has 0 saturated carbocycles. The molecule has 0 aliphatic carbocycles. The maximum absolute atomic E-state index is 7.16. The maximum Gasteiger partial charge on any atom is 1.00 e. The first kappa shape index (κ1) is 35.2. The predicted octanol–water partition coefficient (Wildman–Crippen LogP) is 8.60. The van der Waals surface area contributed by atoms with Crippen molar-refractivity contribution in [1.29, 1.82) is 0 Å². The van der Waals surface area contributed by atoms with E-state index in [0.29, 0.717) is 0 Å². The average molecular weight is 973 g/mol. The van der Waals surface area contributed by atoms with Gasteiger partial charge in [-0.2, -0.15) is 0 Å². The third-order valence-electron chi connectivity index (χ3n) is 7.97. The van der Waals surface area contributed by atoms with Crippen LogP contribution in [-0.2, 0) is 65.3 Å². The van der Waals surface area contributed by atoms with Crippen LogP contribution in [-0.4, -0.2) is 19.1 Å². The van der Waals surface area contributed by atoms with Crippen molar-refractivity contribution in [1.82, 2.24) is 19.1 Å². The third kappa shape index (κ3) is 7.69. The Kier molecular flexibility index (Phi) is 12.2. The summed E-state index contributed by atoms with van der Waals surface area (Å²) in [5, 5.41) is 4.99. The van der Waals surface area contributed by atoms with Crippen LogP contribution in [0.4, 0.5) is 0 Å². The van der Waals surface area contributed by atoms with Crippen LogP contribution >= 0.6 is 0 Å². The van der Waals surface area contributed by atoms with Gasteiger partial charge in [0.1, 0.15) is 0 Å². The van der Waals surface area contributed by atoms with E-state index in [2.05, 4.69) is 106 Å². The number of hydrogen-bond acceptors (Lipinski definition) is 2. The fourth-order valence-electron chi connectivity index (χ4n) is 5.72. The Morgan fingerprint density at radius 1 is 0.511 bits per heavy atom. The predicted molar refractivity (Wildman–Crippen MR) is 185 cm³/mol. The summed E-state index contributed by atoms with van der Waals surface area (Å²) in [5.41, 5.74) is 8.82. The first-order valence-electron chi connectivity index (χ1n) is 14.6. The van der Waals surface area contributed by atoms with Gasteiger partial charge < -0.3 is 22.0 Å². The second kappa shape index (κ2) is 16.3. The molecule has 6 heteroatoms. The quantitative estimate of drug-likeness (QED) is 0.0990. The van der Waals surface area contributed by atoms with Crippen LogP contribution in [0.5, 0.6) is 0 Å². The van der Waals surface area contributed by atoms with E-state index in [-0.39, 0.29) is 44.8 Å². The van der Waals surface area contributed by atoms with Gasteiger partial charge in [-0.3, -0.25) is 21.8 Å². The first-order chi connectivity index (χ1) is 22.1. The van der Waals surface area contributed by atoms with Crippen LogP contribution in [0.25, 0.3) is 43.6 Å². The second-order valence-corrected chi connectivity index (χ2v) is 10.8. The number of aromatic nitrogens is 4. The molecule has 236 valence electrons. The van der Waals surface area contributed by atoms with Crippen molar-refractivity contribution in [3.05, 3.63) is 169 Å². The number of nitrogens with zero attached hydrogens (tertiary/aromatic N) is 4. The molecule has 0 N–H and O–H groups in total. The molecule has 0 fully saturated rings. The minimum absolute atomic E-state index is 0. The van der Waals surface area contributed by atoms with Crippen molar-refractivity contribution in [2.24, 2.45) is 14.1 Å². The van der Waals surface area contributed by atoms with Gasteiger partial charge in [-0.15, -0.1) is 35.4 Å². The Morgan fingerprint density at radius 2 is 0.915 bits per heavy atom. The Bertz CT molecular complexity index is 2170. The number of aryl methyl sites for hydroxylation is 2. The molecule has 4 aromatic carbocycles. The number of rotatable bonds is 2. The molecule has 8 rings (SSSR count). The van der Waals surface area contributed by atoms with E-state index in [4.69, 9.17) is 12.8 Å². The van der Waals surface area contributed by atoms with Crippen molar-refractivity contribution in [2.75, 3.05) is 0 Å². The summed E-state index contributed by atoms with van der Waals surface area (Å²) >= 11 is 0. The fraction of sp³-hybridized carbons (Fsp3) is 0.0732. The third-order valence-corrected chi connectivity index (χ3v) is 7.97. The van der Waals surface area contributed by atoms with Gasteiger partial charge in [-0.1, -0.05) is 60.7 Å². The van der Waals surface area contributed by atoms with Crippen LogP contribution in [0, 0.1) is 24.7 Å². The minimum atomic E-state index is 0. The summed E-state index contributed by atoms with van der Waals surface area (Å²) in [6, 6.07) is 36.7. The summed E-state index contributed by atoms with van der Waals surface area (Å²) < 4.78 is 4.32. The van der Waals surface area contributed by atoms with Crippen molar-refractivity contribution < 1.29 is 44.8 Å². The van der Waals surface area contributed by atoms with E-state index in [1.165, 1.54) is 43.7 Å². The van der Waals surface area contributed by atoms with Crippen LogP contribution in [0.1, 0.15) is 22.3 Å². The summed E-state index contributed by atoms with van der Waals surface area (Å²) in [4.78, 5) is 8.12. The van der Waals surface area contributed by atoms with Gasteiger partial charge in [-0.25, -0.2) is 0 Å². The molecule has 0 amide bonds. The van der Waals surface area contributed by atoms with E-state index in [1.54, 1.807) is 12.4 Å². The maximum atomic E-state index is 7.16. The van der Waals surface area contributed by atoms with Crippen LogP contribution in [0.3, 0.4) is 0 Å². The normalized spacial score (nSPS) is 10.0. The summed E-state index contributed by atoms with van der Waals surface area (Å²) in [6.45, 7) is 0. The average Bonchev–Trinajstić information content (AvgIpc) is 3.56. The number of fused-ring (bicyclic) bond motifs is 6.